The second-order valence-corrected chi connectivity index (χ2v) is 6.82. The Hall–Kier alpha value is -0.360. The fraction of sp³-hybridized carbons (Fsp3) is 0.947. The van der Waals surface area contributed by atoms with Gasteiger partial charge in [-0.3, -0.25) is 0 Å². The first-order valence-electron chi connectivity index (χ1n) is 10.1. The SMILES string of the molecule is CCCCN(CCCC)[N+](C)(/C(N)=N/C)N(CCCC)CCCC.[Cl-]. The molecule has 152 valence electrons. The van der Waals surface area contributed by atoms with E-state index < -0.39 is 0 Å². The van der Waals surface area contributed by atoms with E-state index in [2.05, 4.69) is 49.8 Å². The summed E-state index contributed by atoms with van der Waals surface area (Å²) >= 11 is 0. The van der Waals surface area contributed by atoms with Crippen molar-refractivity contribution in [1.82, 2.24) is 10.0 Å². The van der Waals surface area contributed by atoms with Gasteiger partial charge in [-0.2, -0.15) is 0 Å². The van der Waals surface area contributed by atoms with Crippen LogP contribution in [0.1, 0.15) is 79.1 Å². The highest BCUT2D eigenvalue weighted by Crippen LogP contribution is 2.19. The van der Waals surface area contributed by atoms with Gasteiger partial charge in [0.15, 0.2) is 0 Å². The van der Waals surface area contributed by atoms with Crippen LogP contribution in [0.15, 0.2) is 4.99 Å². The number of nitrogens with zero attached hydrogens (tertiary/aromatic N) is 4. The molecule has 0 rings (SSSR count). The molecule has 0 saturated carbocycles. The predicted octanol–water partition coefficient (Wildman–Crippen LogP) is 1.02. The molecule has 0 aliphatic heterocycles. The van der Waals surface area contributed by atoms with Crippen LogP contribution in [-0.4, -0.2) is 61.0 Å². The highest BCUT2D eigenvalue weighted by Gasteiger charge is 2.41. The van der Waals surface area contributed by atoms with Crippen LogP contribution in [0.2, 0.25) is 0 Å². The molecule has 0 unspecified atom stereocenters. The summed E-state index contributed by atoms with van der Waals surface area (Å²) < 4.78 is 0.552. The molecule has 0 aromatic carbocycles. The lowest BCUT2D eigenvalue weighted by atomic mass is 10.3. The molecule has 0 heterocycles. The number of aliphatic imine (C=N–C) groups is 1. The minimum absolute atomic E-state index is 0. The average Bonchev–Trinajstić information content (AvgIpc) is 2.60. The van der Waals surface area contributed by atoms with Crippen molar-refractivity contribution in [3.8, 4) is 0 Å². The van der Waals surface area contributed by atoms with Crippen molar-refractivity contribution < 1.29 is 17.1 Å². The van der Waals surface area contributed by atoms with Crippen LogP contribution < -0.4 is 18.1 Å². The summed E-state index contributed by atoms with van der Waals surface area (Å²) in [6.07, 6.45) is 9.61. The second kappa shape index (κ2) is 15.9. The van der Waals surface area contributed by atoms with Crippen LogP contribution >= 0.6 is 0 Å². The summed E-state index contributed by atoms with van der Waals surface area (Å²) in [6, 6.07) is 0. The largest absolute Gasteiger partial charge is 1.00 e. The van der Waals surface area contributed by atoms with E-state index in [0.29, 0.717) is 10.7 Å². The Balaban J connectivity index is 0. The van der Waals surface area contributed by atoms with Crippen molar-refractivity contribution in [3.05, 3.63) is 0 Å². The number of quaternary nitrogens is 1. The van der Waals surface area contributed by atoms with E-state index in [1.165, 1.54) is 51.4 Å². The third kappa shape index (κ3) is 8.72. The number of nitrogens with two attached hydrogens (primary N) is 1. The maximum atomic E-state index is 6.48. The zero-order valence-electron chi connectivity index (χ0n) is 17.7. The molecule has 6 heteroatoms. The van der Waals surface area contributed by atoms with Crippen molar-refractivity contribution in [2.45, 2.75) is 79.1 Å². The summed E-state index contributed by atoms with van der Waals surface area (Å²) in [6.45, 7) is 13.3. The van der Waals surface area contributed by atoms with Crippen LogP contribution in [0, 0.1) is 0 Å². The molecule has 25 heavy (non-hydrogen) atoms. The van der Waals surface area contributed by atoms with Gasteiger partial charge in [0.1, 0.15) is 7.05 Å². The lowest BCUT2D eigenvalue weighted by molar-refractivity contribution is -1.05. The van der Waals surface area contributed by atoms with Gasteiger partial charge in [0.25, 0.3) is 0 Å². The van der Waals surface area contributed by atoms with Gasteiger partial charge in [0.05, 0.1) is 26.2 Å². The molecule has 0 saturated heterocycles. The molecule has 0 aliphatic rings. The Morgan fingerprint density at radius 1 is 0.760 bits per heavy atom. The number of unbranched alkanes of at least 4 members (excludes halogenated alkanes) is 4. The normalized spacial score (nSPS) is 12.7. The quantitative estimate of drug-likeness (QED) is 0.213. The van der Waals surface area contributed by atoms with Crippen molar-refractivity contribution in [3.63, 3.8) is 0 Å². The molecule has 0 aromatic rings. The Kier molecular flexibility index (Phi) is 17.0. The molecular formula is C19H44ClN5. The summed E-state index contributed by atoms with van der Waals surface area (Å²) in [5.74, 6) is 0.703. The summed E-state index contributed by atoms with van der Waals surface area (Å²) in [5.41, 5.74) is 6.48. The van der Waals surface area contributed by atoms with E-state index in [0.717, 1.165) is 26.2 Å². The van der Waals surface area contributed by atoms with Gasteiger partial charge in [-0.1, -0.05) is 53.4 Å². The highest BCUT2D eigenvalue weighted by molar-refractivity contribution is 5.70. The van der Waals surface area contributed by atoms with E-state index in [9.17, 15) is 0 Å². The standard InChI is InChI=1S/C19H44N5.ClH/c1-7-11-15-22(16-12-8-2)24(6,19(20)21-5)23(17-13-9-3)18-14-10-4;/h7-18H2,1-6H3,(H2,20,21);1H/q+1;/p-1. The van der Waals surface area contributed by atoms with E-state index in [1.54, 1.807) is 0 Å². The predicted molar refractivity (Wildman–Crippen MR) is 107 cm³/mol. The fourth-order valence-corrected chi connectivity index (χ4v) is 3.02. The van der Waals surface area contributed by atoms with Gasteiger partial charge >= 0.3 is 5.96 Å². The van der Waals surface area contributed by atoms with E-state index >= 15 is 0 Å². The Labute approximate surface area is 163 Å². The lowest BCUT2D eigenvalue weighted by Gasteiger charge is -2.47. The minimum atomic E-state index is 0. The van der Waals surface area contributed by atoms with Gasteiger partial charge in [0.2, 0.25) is 0 Å². The highest BCUT2D eigenvalue weighted by atomic mass is 35.5. The zero-order chi connectivity index (χ0) is 18.4. The fourth-order valence-electron chi connectivity index (χ4n) is 3.02. The minimum Gasteiger partial charge on any atom is -1.00 e. The molecule has 0 amide bonds. The first kappa shape index (κ1) is 26.9. The third-order valence-corrected chi connectivity index (χ3v) is 4.84. The number of halogens is 1. The van der Waals surface area contributed by atoms with E-state index in [1.807, 2.05) is 7.05 Å². The van der Waals surface area contributed by atoms with Crippen LogP contribution in [0.3, 0.4) is 0 Å². The molecule has 0 aliphatic carbocycles. The third-order valence-electron chi connectivity index (χ3n) is 4.84. The van der Waals surface area contributed by atoms with Gasteiger partial charge in [-0.25, -0.2) is 4.99 Å². The average molecular weight is 378 g/mol. The summed E-state index contributed by atoms with van der Waals surface area (Å²) in [4.78, 5) is 4.42. The Morgan fingerprint density at radius 2 is 1.04 bits per heavy atom. The van der Waals surface area contributed by atoms with Crippen LogP contribution in [0.4, 0.5) is 0 Å². The molecule has 0 radical (unpaired) electrons. The second-order valence-electron chi connectivity index (χ2n) is 6.82. The van der Waals surface area contributed by atoms with Crippen LogP contribution in [0.5, 0.6) is 0 Å². The number of hydrogen-bond acceptors (Lipinski definition) is 3. The van der Waals surface area contributed by atoms with Crippen molar-refractivity contribution in [2.24, 2.45) is 10.7 Å². The van der Waals surface area contributed by atoms with Gasteiger partial charge in [-0.15, -0.1) is 14.7 Å². The van der Waals surface area contributed by atoms with Crippen molar-refractivity contribution >= 4 is 5.96 Å². The molecule has 0 atom stereocenters. The Bertz CT molecular complexity index is 300. The zero-order valence-corrected chi connectivity index (χ0v) is 18.5. The molecule has 0 aromatic heterocycles. The van der Waals surface area contributed by atoms with Crippen LogP contribution in [0.25, 0.3) is 0 Å². The molecular weight excluding hydrogens is 334 g/mol. The Morgan fingerprint density at radius 3 is 1.24 bits per heavy atom. The van der Waals surface area contributed by atoms with Gasteiger partial charge in [-0.05, 0) is 25.7 Å². The molecule has 0 spiro atoms. The molecule has 5 nitrogen and oxygen atoms in total. The smallest absolute Gasteiger partial charge is 0.335 e. The first-order valence-corrected chi connectivity index (χ1v) is 10.1. The molecule has 2 N–H and O–H groups in total. The maximum absolute atomic E-state index is 6.48. The number of guanidine groups is 1. The van der Waals surface area contributed by atoms with E-state index in [4.69, 9.17) is 5.73 Å². The summed E-state index contributed by atoms with van der Waals surface area (Å²) in [5, 5.41) is 5.06. The number of rotatable bonds is 14. The first-order chi connectivity index (χ1) is 11.5. The lowest BCUT2D eigenvalue weighted by Crippen LogP contribution is -3.00. The van der Waals surface area contributed by atoms with Crippen LogP contribution in [-0.2, 0) is 0 Å². The monoisotopic (exact) mass is 377 g/mol. The molecule has 0 bridgehead atoms. The van der Waals surface area contributed by atoms with Gasteiger partial charge < -0.3 is 18.1 Å². The molecule has 0 fully saturated rings. The van der Waals surface area contributed by atoms with Gasteiger partial charge in [0, 0.05) is 7.05 Å². The topological polar surface area (TPSA) is 44.9 Å². The van der Waals surface area contributed by atoms with Crippen molar-refractivity contribution in [1.29, 1.82) is 0 Å². The summed E-state index contributed by atoms with van der Waals surface area (Å²) in [7, 11) is 4.06. The van der Waals surface area contributed by atoms with Crippen molar-refractivity contribution in [2.75, 3.05) is 40.3 Å². The van der Waals surface area contributed by atoms with E-state index in [-0.39, 0.29) is 12.4 Å². The maximum Gasteiger partial charge on any atom is 0.335 e. The number of hydrogen-bond donors (Lipinski definition) is 1.